The van der Waals surface area contributed by atoms with Crippen LogP contribution in [0, 0.1) is 0 Å². The van der Waals surface area contributed by atoms with Gasteiger partial charge in [0.05, 0.1) is 17.2 Å². The van der Waals surface area contributed by atoms with Crippen LogP contribution in [0.1, 0.15) is 45.6 Å². The van der Waals surface area contributed by atoms with Crippen LogP contribution in [0.5, 0.6) is 5.75 Å². The van der Waals surface area contributed by atoms with E-state index in [0.29, 0.717) is 40.9 Å². The maximum absolute atomic E-state index is 14.2. The lowest BCUT2D eigenvalue weighted by atomic mass is 10.1. The highest BCUT2D eigenvalue weighted by Crippen LogP contribution is 2.33. The van der Waals surface area contributed by atoms with Gasteiger partial charge in [0, 0.05) is 23.1 Å². The summed E-state index contributed by atoms with van der Waals surface area (Å²) in [5.74, 6) is -0.593. The van der Waals surface area contributed by atoms with Crippen LogP contribution in [-0.4, -0.2) is 50.9 Å². The molecule has 0 aliphatic rings. The molecule has 0 aliphatic heterocycles. The molecule has 3 aromatic carbocycles. The largest absolute Gasteiger partial charge is 0.492 e. The molecule has 0 unspecified atom stereocenters. The van der Waals surface area contributed by atoms with Gasteiger partial charge in [-0.25, -0.2) is 8.42 Å². The van der Waals surface area contributed by atoms with Crippen LogP contribution >= 0.6 is 23.2 Å². The Morgan fingerprint density at radius 2 is 1.64 bits per heavy atom. The number of hydrogen-bond acceptors (Lipinski definition) is 5. The molecule has 3 rings (SSSR count). The molecule has 1 atom stereocenters. The predicted molar refractivity (Wildman–Crippen MR) is 168 cm³/mol. The highest BCUT2D eigenvalue weighted by atomic mass is 35.5. The van der Waals surface area contributed by atoms with Crippen LogP contribution < -0.4 is 14.4 Å². The average molecular weight is 635 g/mol. The molecule has 0 heterocycles. The average Bonchev–Trinajstić information content (AvgIpc) is 2.98. The molecular weight excluding hydrogens is 597 g/mol. The zero-order valence-electron chi connectivity index (χ0n) is 24.1. The molecular formula is C31H37Cl2N3O5S. The van der Waals surface area contributed by atoms with Crippen LogP contribution in [-0.2, 0) is 26.2 Å². The second kappa shape index (κ2) is 15.8. The van der Waals surface area contributed by atoms with E-state index in [0.717, 1.165) is 17.1 Å². The summed E-state index contributed by atoms with van der Waals surface area (Å²) in [7, 11) is -4.22. The first-order valence-corrected chi connectivity index (χ1v) is 16.1. The molecule has 1 N–H and O–H groups in total. The topological polar surface area (TPSA) is 96.0 Å². The Morgan fingerprint density at radius 3 is 2.29 bits per heavy atom. The highest BCUT2D eigenvalue weighted by Gasteiger charge is 2.34. The molecule has 0 aromatic heterocycles. The van der Waals surface area contributed by atoms with Crippen molar-refractivity contribution in [1.29, 1.82) is 0 Å². The number of hydrogen-bond donors (Lipinski definition) is 1. The van der Waals surface area contributed by atoms with E-state index < -0.39 is 28.5 Å². The SMILES string of the molecule is CCCCNC(=O)[C@@H](CC)N(Cc1ccc(Cl)cc1Cl)C(=O)CN(c1ccccc1OCC)S(=O)(=O)c1ccccc1. The zero-order chi connectivity index (χ0) is 30.7. The van der Waals surface area contributed by atoms with Crippen molar-refractivity contribution in [2.75, 3.05) is 24.0 Å². The minimum absolute atomic E-state index is 0.0146. The zero-order valence-corrected chi connectivity index (χ0v) is 26.4. The van der Waals surface area contributed by atoms with Gasteiger partial charge in [-0.3, -0.25) is 13.9 Å². The van der Waals surface area contributed by atoms with E-state index in [1.807, 2.05) is 6.92 Å². The molecule has 0 saturated heterocycles. The highest BCUT2D eigenvalue weighted by molar-refractivity contribution is 7.92. The summed E-state index contributed by atoms with van der Waals surface area (Å²) >= 11 is 12.6. The Balaban J connectivity index is 2.09. The smallest absolute Gasteiger partial charge is 0.264 e. The Hall–Kier alpha value is -3.27. The van der Waals surface area contributed by atoms with E-state index >= 15 is 0 Å². The first kappa shape index (κ1) is 33.2. The van der Waals surface area contributed by atoms with E-state index in [-0.39, 0.29) is 23.0 Å². The van der Waals surface area contributed by atoms with Crippen molar-refractivity contribution in [2.24, 2.45) is 0 Å². The fourth-order valence-corrected chi connectivity index (χ4v) is 6.35. The van der Waals surface area contributed by atoms with Gasteiger partial charge in [0.2, 0.25) is 11.8 Å². The third kappa shape index (κ3) is 8.40. The fraction of sp³-hybridized carbons (Fsp3) is 0.355. The van der Waals surface area contributed by atoms with Crippen LogP contribution in [0.4, 0.5) is 5.69 Å². The summed E-state index contributed by atoms with van der Waals surface area (Å²) in [6.07, 6.45) is 1.98. The molecule has 0 spiro atoms. The number of carbonyl (C=O) groups excluding carboxylic acids is 2. The number of halogens is 2. The van der Waals surface area contributed by atoms with Crippen molar-refractivity contribution in [1.82, 2.24) is 10.2 Å². The summed E-state index contributed by atoms with van der Waals surface area (Å²) in [6, 6.07) is 18.6. The monoisotopic (exact) mass is 633 g/mol. The molecule has 0 radical (unpaired) electrons. The number of amides is 2. The Morgan fingerprint density at radius 1 is 0.952 bits per heavy atom. The van der Waals surface area contributed by atoms with Crippen molar-refractivity contribution in [3.8, 4) is 5.75 Å². The number of sulfonamides is 1. The van der Waals surface area contributed by atoms with Gasteiger partial charge < -0.3 is 15.0 Å². The lowest BCUT2D eigenvalue weighted by Crippen LogP contribution is -2.52. The lowest BCUT2D eigenvalue weighted by molar-refractivity contribution is -0.140. The van der Waals surface area contributed by atoms with Gasteiger partial charge in [0.25, 0.3) is 10.0 Å². The van der Waals surface area contributed by atoms with Crippen molar-refractivity contribution in [2.45, 2.75) is 57.5 Å². The third-order valence-corrected chi connectivity index (χ3v) is 8.98. The number of carbonyl (C=O) groups is 2. The molecule has 0 bridgehead atoms. The van der Waals surface area contributed by atoms with Gasteiger partial charge in [-0.05, 0) is 61.7 Å². The minimum Gasteiger partial charge on any atom is -0.492 e. The normalized spacial score (nSPS) is 11.9. The van der Waals surface area contributed by atoms with E-state index in [4.69, 9.17) is 27.9 Å². The predicted octanol–water partition coefficient (Wildman–Crippen LogP) is 6.31. The van der Waals surface area contributed by atoms with E-state index in [1.165, 1.54) is 17.0 Å². The van der Waals surface area contributed by atoms with Crippen LogP contribution in [0.15, 0.2) is 77.7 Å². The van der Waals surface area contributed by atoms with Crippen molar-refractivity contribution < 1.29 is 22.7 Å². The number of nitrogens with one attached hydrogen (secondary N) is 1. The van der Waals surface area contributed by atoms with Gasteiger partial charge in [-0.2, -0.15) is 0 Å². The third-order valence-electron chi connectivity index (χ3n) is 6.62. The number of nitrogens with zero attached hydrogens (tertiary/aromatic N) is 2. The first-order chi connectivity index (χ1) is 20.1. The van der Waals surface area contributed by atoms with Crippen LogP contribution in [0.2, 0.25) is 10.0 Å². The second-order valence-electron chi connectivity index (χ2n) is 9.55. The minimum atomic E-state index is -4.22. The quantitative estimate of drug-likeness (QED) is 0.198. The van der Waals surface area contributed by atoms with Crippen molar-refractivity contribution in [3.05, 3.63) is 88.4 Å². The number of ether oxygens (including phenoxy) is 1. The van der Waals surface area contributed by atoms with Crippen molar-refractivity contribution >= 4 is 50.7 Å². The number of unbranched alkanes of at least 4 members (excludes halogenated alkanes) is 1. The Kier molecular flexibility index (Phi) is 12.5. The summed E-state index contributed by atoms with van der Waals surface area (Å²) in [5.41, 5.74) is 0.780. The van der Waals surface area contributed by atoms with Crippen LogP contribution in [0.25, 0.3) is 0 Å². The fourth-order valence-electron chi connectivity index (χ4n) is 4.43. The van der Waals surface area contributed by atoms with Gasteiger partial charge in [0.15, 0.2) is 0 Å². The number of para-hydroxylation sites is 2. The molecule has 42 heavy (non-hydrogen) atoms. The maximum Gasteiger partial charge on any atom is 0.264 e. The van der Waals surface area contributed by atoms with Gasteiger partial charge in [0.1, 0.15) is 18.3 Å². The maximum atomic E-state index is 14.2. The Labute approximate surface area is 258 Å². The molecule has 0 saturated carbocycles. The first-order valence-electron chi connectivity index (χ1n) is 13.9. The molecule has 0 aliphatic carbocycles. The lowest BCUT2D eigenvalue weighted by Gasteiger charge is -2.33. The standard InChI is InChI=1S/C31H37Cl2N3O5S/c1-4-7-19-34-31(38)27(5-2)35(21-23-17-18-24(32)20-26(23)33)30(37)22-36(28-15-11-12-16-29(28)41-6-3)42(39,40)25-13-9-8-10-14-25/h8-18,20,27H,4-7,19,21-22H2,1-3H3,(H,34,38)/t27-/m1/s1. The number of benzene rings is 3. The summed E-state index contributed by atoms with van der Waals surface area (Å²) in [4.78, 5) is 28.9. The van der Waals surface area contributed by atoms with E-state index in [2.05, 4.69) is 5.32 Å². The molecule has 8 nitrogen and oxygen atoms in total. The van der Waals surface area contributed by atoms with Crippen molar-refractivity contribution in [3.63, 3.8) is 0 Å². The molecule has 3 aromatic rings. The summed E-state index contributed by atoms with van der Waals surface area (Å²) in [5, 5.41) is 3.67. The number of rotatable bonds is 15. The Bertz CT molecular complexity index is 1450. The molecule has 0 fully saturated rings. The van der Waals surface area contributed by atoms with Gasteiger partial charge in [-0.15, -0.1) is 0 Å². The molecule has 2 amide bonds. The number of anilines is 1. The van der Waals surface area contributed by atoms with Gasteiger partial charge >= 0.3 is 0 Å². The molecule has 11 heteroatoms. The van der Waals surface area contributed by atoms with Crippen LogP contribution in [0.3, 0.4) is 0 Å². The van der Waals surface area contributed by atoms with E-state index in [1.54, 1.807) is 74.5 Å². The second-order valence-corrected chi connectivity index (χ2v) is 12.3. The molecule has 226 valence electrons. The summed E-state index contributed by atoms with van der Waals surface area (Å²) in [6.45, 7) is 5.76. The summed E-state index contributed by atoms with van der Waals surface area (Å²) < 4.78 is 34.8. The van der Waals surface area contributed by atoms with Gasteiger partial charge in [-0.1, -0.05) is 79.9 Å². The van der Waals surface area contributed by atoms with E-state index in [9.17, 15) is 18.0 Å².